The molecule has 0 aromatic heterocycles. The fourth-order valence-electron chi connectivity index (χ4n) is 3.30. The Balaban J connectivity index is 1.60. The molecule has 0 saturated carbocycles. The minimum atomic E-state index is -0.357. The van der Waals surface area contributed by atoms with Crippen molar-refractivity contribution in [2.24, 2.45) is 0 Å². The topological polar surface area (TPSA) is 76.1 Å². The molecule has 0 unspecified atom stereocenters. The average molecular weight is 421 g/mol. The molecule has 0 spiro atoms. The molecule has 3 aromatic carbocycles. The number of imide groups is 1. The molecule has 1 aliphatic rings. The van der Waals surface area contributed by atoms with Gasteiger partial charge in [-0.1, -0.05) is 36.4 Å². The van der Waals surface area contributed by atoms with Gasteiger partial charge in [-0.25, -0.2) is 0 Å². The Bertz CT molecular complexity index is 1160. The van der Waals surface area contributed by atoms with Gasteiger partial charge in [0, 0.05) is 0 Å². The van der Waals surface area contributed by atoms with Crippen LogP contribution < -0.4 is 9.47 Å². The minimum absolute atomic E-state index is 0.124. The third-order valence-corrected chi connectivity index (χ3v) is 5.74. The lowest BCUT2D eigenvalue weighted by atomic mass is 10.1. The van der Waals surface area contributed by atoms with Gasteiger partial charge in [-0.2, -0.15) is 0 Å². The second kappa shape index (κ2) is 8.12. The molecule has 0 aliphatic carbocycles. The summed E-state index contributed by atoms with van der Waals surface area (Å²) in [6.45, 7) is 0.203. The highest BCUT2D eigenvalue weighted by molar-refractivity contribution is 8.18. The maximum absolute atomic E-state index is 12.9. The van der Waals surface area contributed by atoms with Crippen molar-refractivity contribution in [2.75, 3.05) is 14.2 Å². The van der Waals surface area contributed by atoms with E-state index in [1.54, 1.807) is 18.2 Å². The molecule has 0 radical (unpaired) electrons. The summed E-state index contributed by atoms with van der Waals surface area (Å²) in [5.74, 6) is -0.0438. The monoisotopic (exact) mass is 421 g/mol. The molecule has 2 amide bonds. The fraction of sp³-hybridized carbons (Fsp3) is 0.130. The summed E-state index contributed by atoms with van der Waals surface area (Å²) in [5.41, 5.74) is 1.46. The number of methoxy groups -OCH3 is 2. The van der Waals surface area contributed by atoms with E-state index in [0.717, 1.165) is 28.1 Å². The Hall–Kier alpha value is -3.45. The summed E-state index contributed by atoms with van der Waals surface area (Å²) in [7, 11) is 2.85. The third-order valence-electron chi connectivity index (χ3n) is 4.83. The van der Waals surface area contributed by atoms with Crippen molar-refractivity contribution in [3.8, 4) is 17.2 Å². The van der Waals surface area contributed by atoms with Crippen LogP contribution in [0.5, 0.6) is 17.2 Å². The number of hydrogen-bond acceptors (Lipinski definition) is 6. The van der Waals surface area contributed by atoms with Gasteiger partial charge >= 0.3 is 0 Å². The van der Waals surface area contributed by atoms with E-state index in [-0.39, 0.29) is 34.9 Å². The Kier molecular flexibility index (Phi) is 5.37. The summed E-state index contributed by atoms with van der Waals surface area (Å²) in [6.07, 6.45) is 1.59. The molecular weight excluding hydrogens is 402 g/mol. The zero-order chi connectivity index (χ0) is 21.3. The van der Waals surface area contributed by atoms with Gasteiger partial charge in [0.05, 0.1) is 25.7 Å². The van der Waals surface area contributed by atoms with Crippen molar-refractivity contribution in [3.05, 3.63) is 70.6 Å². The summed E-state index contributed by atoms with van der Waals surface area (Å²) < 4.78 is 10.3. The quantitative estimate of drug-likeness (QED) is 0.597. The van der Waals surface area contributed by atoms with Gasteiger partial charge in [0.25, 0.3) is 11.1 Å². The number of carbonyl (C=O) groups excluding carboxylic acids is 2. The van der Waals surface area contributed by atoms with Crippen LogP contribution in [0.4, 0.5) is 4.79 Å². The van der Waals surface area contributed by atoms with Crippen LogP contribution in [0.3, 0.4) is 0 Å². The van der Waals surface area contributed by atoms with Crippen LogP contribution in [0, 0.1) is 0 Å². The van der Waals surface area contributed by atoms with Crippen LogP contribution in [0.2, 0.25) is 0 Å². The summed E-state index contributed by atoms with van der Waals surface area (Å²) in [5, 5.41) is 11.9. The number of aromatic hydroxyl groups is 1. The number of fused-ring (bicyclic) bond motifs is 1. The van der Waals surface area contributed by atoms with Crippen molar-refractivity contribution in [1.29, 1.82) is 0 Å². The van der Waals surface area contributed by atoms with Gasteiger partial charge in [-0.3, -0.25) is 14.5 Å². The Morgan fingerprint density at radius 1 is 0.967 bits per heavy atom. The van der Waals surface area contributed by atoms with Crippen molar-refractivity contribution in [3.63, 3.8) is 0 Å². The molecule has 6 nitrogen and oxygen atoms in total. The van der Waals surface area contributed by atoms with Crippen molar-refractivity contribution < 1.29 is 24.2 Å². The van der Waals surface area contributed by atoms with Gasteiger partial charge in [0.15, 0.2) is 11.5 Å². The normalized spacial score (nSPS) is 15.3. The lowest BCUT2D eigenvalue weighted by molar-refractivity contribution is -0.123. The molecule has 0 atom stereocenters. The van der Waals surface area contributed by atoms with Gasteiger partial charge in [0.1, 0.15) is 0 Å². The van der Waals surface area contributed by atoms with Crippen LogP contribution in [-0.4, -0.2) is 35.4 Å². The number of hydrogen-bond donors (Lipinski definition) is 1. The minimum Gasteiger partial charge on any atom is -0.502 e. The lowest BCUT2D eigenvalue weighted by Gasteiger charge is -2.13. The number of benzene rings is 3. The van der Waals surface area contributed by atoms with E-state index < -0.39 is 0 Å². The highest BCUT2D eigenvalue weighted by atomic mass is 32.2. The van der Waals surface area contributed by atoms with Crippen LogP contribution in [0.1, 0.15) is 11.1 Å². The predicted octanol–water partition coefficient (Wildman–Crippen LogP) is 4.80. The fourth-order valence-corrected chi connectivity index (χ4v) is 4.14. The number of amides is 2. The van der Waals surface area contributed by atoms with Gasteiger partial charge < -0.3 is 14.6 Å². The molecule has 7 heteroatoms. The summed E-state index contributed by atoms with van der Waals surface area (Å²) in [4.78, 5) is 26.9. The maximum atomic E-state index is 12.9. The molecule has 4 rings (SSSR count). The van der Waals surface area contributed by atoms with E-state index in [9.17, 15) is 14.7 Å². The van der Waals surface area contributed by atoms with Crippen LogP contribution in [0.25, 0.3) is 16.8 Å². The van der Waals surface area contributed by atoms with Crippen molar-refractivity contribution >= 4 is 39.8 Å². The van der Waals surface area contributed by atoms with E-state index in [2.05, 4.69) is 0 Å². The highest BCUT2D eigenvalue weighted by Crippen LogP contribution is 2.39. The van der Waals surface area contributed by atoms with Crippen molar-refractivity contribution in [1.82, 2.24) is 4.90 Å². The van der Waals surface area contributed by atoms with E-state index in [1.165, 1.54) is 19.1 Å². The second-order valence-corrected chi connectivity index (χ2v) is 7.72. The highest BCUT2D eigenvalue weighted by Gasteiger charge is 2.35. The molecule has 152 valence electrons. The lowest BCUT2D eigenvalue weighted by Crippen LogP contribution is -2.27. The number of phenolic OH excluding ortho intramolecular Hbond substituents is 1. The second-order valence-electron chi connectivity index (χ2n) is 6.72. The number of thioether (sulfide) groups is 1. The predicted molar refractivity (Wildman–Crippen MR) is 117 cm³/mol. The largest absolute Gasteiger partial charge is 0.502 e. The molecule has 3 aromatic rings. The first-order chi connectivity index (χ1) is 14.5. The van der Waals surface area contributed by atoms with E-state index in [1.807, 2.05) is 42.5 Å². The van der Waals surface area contributed by atoms with Crippen LogP contribution in [0.15, 0.2) is 59.5 Å². The summed E-state index contributed by atoms with van der Waals surface area (Å²) >= 11 is 0.885. The molecule has 1 fully saturated rings. The molecule has 1 aliphatic heterocycles. The molecule has 0 bridgehead atoms. The molecule has 1 heterocycles. The van der Waals surface area contributed by atoms with Gasteiger partial charge in [-0.15, -0.1) is 0 Å². The number of phenols is 1. The Morgan fingerprint density at radius 2 is 1.63 bits per heavy atom. The summed E-state index contributed by atoms with van der Waals surface area (Å²) in [6, 6.07) is 17.0. The Morgan fingerprint density at radius 3 is 2.30 bits per heavy atom. The zero-order valence-electron chi connectivity index (χ0n) is 16.4. The van der Waals surface area contributed by atoms with E-state index in [4.69, 9.17) is 9.47 Å². The maximum Gasteiger partial charge on any atom is 0.293 e. The van der Waals surface area contributed by atoms with Crippen LogP contribution >= 0.6 is 11.8 Å². The van der Waals surface area contributed by atoms with Crippen LogP contribution in [-0.2, 0) is 11.3 Å². The number of carbonyl (C=O) groups is 2. The first-order valence-electron chi connectivity index (χ1n) is 9.18. The standard InChI is InChI=1S/C23H19NO5S/c1-28-18-10-15(11-19(29-2)21(18)25)12-20-22(26)24(23(27)30-20)13-14-7-8-16-5-3-4-6-17(16)9-14/h3-12,25H,13H2,1-2H3. The van der Waals surface area contributed by atoms with E-state index in [0.29, 0.717) is 10.5 Å². The number of rotatable bonds is 5. The van der Waals surface area contributed by atoms with E-state index >= 15 is 0 Å². The molecule has 30 heavy (non-hydrogen) atoms. The van der Waals surface area contributed by atoms with Gasteiger partial charge in [-0.05, 0) is 57.9 Å². The first kappa shape index (κ1) is 19.8. The average Bonchev–Trinajstić information content (AvgIpc) is 3.02. The Labute approximate surface area is 177 Å². The molecular formula is C23H19NO5S. The van der Waals surface area contributed by atoms with Crippen molar-refractivity contribution in [2.45, 2.75) is 6.54 Å². The smallest absolute Gasteiger partial charge is 0.293 e. The third kappa shape index (κ3) is 3.71. The molecule has 1 saturated heterocycles. The first-order valence-corrected chi connectivity index (χ1v) is 10.00. The van der Waals surface area contributed by atoms with Gasteiger partial charge in [0.2, 0.25) is 5.75 Å². The number of nitrogens with zero attached hydrogens (tertiary/aromatic N) is 1. The molecule has 1 N–H and O–H groups in total. The SMILES string of the molecule is COc1cc(C=C2SC(=O)N(Cc3ccc4ccccc4c3)C2=O)cc(OC)c1O. The zero-order valence-corrected chi connectivity index (χ0v) is 17.2. The number of ether oxygens (including phenoxy) is 2.